The molecule has 0 saturated heterocycles. The lowest BCUT2D eigenvalue weighted by Crippen LogP contribution is -2.11. The SMILES string of the molecule is COc1ccc(CCc2nnc(NC(=O)c3ccc(Cl)cc3)s2)cc1. The number of methoxy groups -OCH3 is 1. The highest BCUT2D eigenvalue weighted by molar-refractivity contribution is 7.15. The Bertz CT molecular complexity index is 848. The molecule has 0 unspecified atom stereocenters. The molecule has 0 aliphatic heterocycles. The lowest BCUT2D eigenvalue weighted by Gasteiger charge is -2.02. The van der Waals surface area contributed by atoms with Crippen LogP contribution in [0.15, 0.2) is 48.5 Å². The number of ether oxygens (including phenoxy) is 1. The number of carbonyl (C=O) groups is 1. The fourth-order valence-corrected chi connectivity index (χ4v) is 3.08. The second-order valence-corrected chi connectivity index (χ2v) is 6.81. The van der Waals surface area contributed by atoms with E-state index in [1.165, 1.54) is 16.9 Å². The highest BCUT2D eigenvalue weighted by atomic mass is 35.5. The fraction of sp³-hybridized carbons (Fsp3) is 0.167. The largest absolute Gasteiger partial charge is 0.497 e. The average Bonchev–Trinajstić information content (AvgIpc) is 3.08. The van der Waals surface area contributed by atoms with Gasteiger partial charge >= 0.3 is 0 Å². The Kier molecular flexibility index (Phi) is 5.63. The molecule has 2 aromatic carbocycles. The summed E-state index contributed by atoms with van der Waals surface area (Å²) in [6.45, 7) is 0. The summed E-state index contributed by atoms with van der Waals surface area (Å²) in [5.74, 6) is 0.612. The molecule has 1 N–H and O–H groups in total. The molecule has 5 nitrogen and oxygen atoms in total. The van der Waals surface area contributed by atoms with Gasteiger partial charge in [0.15, 0.2) is 0 Å². The van der Waals surface area contributed by atoms with Crippen LogP contribution in [0.1, 0.15) is 20.9 Å². The third-order valence-electron chi connectivity index (χ3n) is 3.58. The van der Waals surface area contributed by atoms with Crippen LogP contribution >= 0.6 is 22.9 Å². The van der Waals surface area contributed by atoms with Crippen LogP contribution in [0.2, 0.25) is 5.02 Å². The number of hydrogen-bond acceptors (Lipinski definition) is 5. The third-order valence-corrected chi connectivity index (χ3v) is 4.73. The molecular weight excluding hydrogens is 358 g/mol. The molecule has 0 aliphatic rings. The van der Waals surface area contributed by atoms with Gasteiger partial charge in [0.05, 0.1) is 7.11 Å². The van der Waals surface area contributed by atoms with Crippen LogP contribution in [-0.2, 0) is 12.8 Å². The smallest absolute Gasteiger partial charge is 0.257 e. The molecule has 0 fully saturated rings. The van der Waals surface area contributed by atoms with Crippen molar-refractivity contribution in [3.8, 4) is 5.75 Å². The predicted molar refractivity (Wildman–Crippen MR) is 99.7 cm³/mol. The Morgan fingerprint density at radius 3 is 2.48 bits per heavy atom. The molecule has 1 heterocycles. The summed E-state index contributed by atoms with van der Waals surface area (Å²) in [7, 11) is 1.65. The maximum Gasteiger partial charge on any atom is 0.257 e. The van der Waals surface area contributed by atoms with Crippen LogP contribution in [0, 0.1) is 0 Å². The van der Waals surface area contributed by atoms with Crippen molar-refractivity contribution in [2.45, 2.75) is 12.8 Å². The number of nitrogens with one attached hydrogen (secondary N) is 1. The molecule has 0 aliphatic carbocycles. The monoisotopic (exact) mass is 373 g/mol. The van der Waals surface area contributed by atoms with Gasteiger partial charge in [-0.25, -0.2) is 0 Å². The van der Waals surface area contributed by atoms with Gasteiger partial charge in [0.1, 0.15) is 10.8 Å². The van der Waals surface area contributed by atoms with Crippen molar-refractivity contribution in [3.05, 3.63) is 69.7 Å². The number of aryl methyl sites for hydroxylation is 2. The molecule has 0 spiro atoms. The van der Waals surface area contributed by atoms with Crippen molar-refractivity contribution in [1.82, 2.24) is 10.2 Å². The van der Waals surface area contributed by atoms with Crippen molar-refractivity contribution < 1.29 is 9.53 Å². The molecule has 0 radical (unpaired) electrons. The summed E-state index contributed by atoms with van der Waals surface area (Å²) >= 11 is 7.20. The first-order valence-corrected chi connectivity index (χ1v) is 8.86. The van der Waals surface area contributed by atoms with Crippen LogP contribution in [0.4, 0.5) is 5.13 Å². The highest BCUT2D eigenvalue weighted by Gasteiger charge is 2.10. The van der Waals surface area contributed by atoms with Crippen LogP contribution < -0.4 is 10.1 Å². The van der Waals surface area contributed by atoms with E-state index in [1.807, 2.05) is 24.3 Å². The lowest BCUT2D eigenvalue weighted by atomic mass is 10.1. The van der Waals surface area contributed by atoms with Crippen molar-refractivity contribution in [3.63, 3.8) is 0 Å². The summed E-state index contributed by atoms with van der Waals surface area (Å²) in [6, 6.07) is 14.6. The zero-order valence-corrected chi connectivity index (χ0v) is 15.1. The maximum atomic E-state index is 12.1. The van der Waals surface area contributed by atoms with E-state index in [0.29, 0.717) is 15.7 Å². The Hall–Kier alpha value is -2.44. The van der Waals surface area contributed by atoms with Gasteiger partial charge < -0.3 is 4.74 Å². The number of carbonyl (C=O) groups excluding carboxylic acids is 1. The van der Waals surface area contributed by atoms with Crippen molar-refractivity contribution in [2.24, 2.45) is 0 Å². The normalized spacial score (nSPS) is 10.5. The van der Waals surface area contributed by atoms with E-state index < -0.39 is 0 Å². The van der Waals surface area contributed by atoms with Gasteiger partial charge in [-0.15, -0.1) is 10.2 Å². The standard InChI is InChI=1S/C18H16ClN3O2S/c1-24-15-9-2-12(3-10-15)4-11-16-21-22-18(25-16)20-17(23)13-5-7-14(19)8-6-13/h2-3,5-10H,4,11H2,1H3,(H,20,22,23). The highest BCUT2D eigenvalue weighted by Crippen LogP contribution is 2.19. The van der Waals surface area contributed by atoms with Crippen molar-refractivity contribution in [2.75, 3.05) is 12.4 Å². The minimum absolute atomic E-state index is 0.227. The zero-order chi connectivity index (χ0) is 17.6. The average molecular weight is 374 g/mol. The Balaban J connectivity index is 1.56. The molecule has 3 rings (SSSR count). The van der Waals surface area contributed by atoms with E-state index in [1.54, 1.807) is 31.4 Å². The summed E-state index contributed by atoms with van der Waals surface area (Å²) in [5, 5.41) is 12.9. The number of aromatic nitrogens is 2. The number of halogens is 1. The molecule has 25 heavy (non-hydrogen) atoms. The van der Waals surface area contributed by atoms with Gasteiger partial charge in [0.2, 0.25) is 5.13 Å². The molecule has 0 atom stereocenters. The first-order chi connectivity index (χ1) is 12.1. The van der Waals surface area contributed by atoms with E-state index in [2.05, 4.69) is 15.5 Å². The first kappa shape index (κ1) is 17.4. The van der Waals surface area contributed by atoms with Crippen LogP contribution in [0.3, 0.4) is 0 Å². The van der Waals surface area contributed by atoms with E-state index in [9.17, 15) is 4.79 Å². The molecule has 7 heteroatoms. The van der Waals surface area contributed by atoms with Gasteiger partial charge in [-0.3, -0.25) is 10.1 Å². The molecule has 128 valence electrons. The third kappa shape index (κ3) is 4.78. The maximum absolute atomic E-state index is 12.1. The number of anilines is 1. The van der Waals surface area contributed by atoms with Gasteiger partial charge in [-0.2, -0.15) is 0 Å². The van der Waals surface area contributed by atoms with E-state index >= 15 is 0 Å². The van der Waals surface area contributed by atoms with Crippen LogP contribution in [0.5, 0.6) is 5.75 Å². The van der Waals surface area contributed by atoms with E-state index in [-0.39, 0.29) is 5.91 Å². The van der Waals surface area contributed by atoms with Gasteiger partial charge in [-0.1, -0.05) is 35.1 Å². The molecular formula is C18H16ClN3O2S. The number of benzene rings is 2. The van der Waals surface area contributed by atoms with E-state index in [4.69, 9.17) is 16.3 Å². The van der Waals surface area contributed by atoms with Gasteiger partial charge in [0.25, 0.3) is 5.91 Å². The topological polar surface area (TPSA) is 64.1 Å². The van der Waals surface area contributed by atoms with Crippen LogP contribution in [-0.4, -0.2) is 23.2 Å². The second kappa shape index (κ2) is 8.09. The predicted octanol–water partition coefficient (Wildman–Crippen LogP) is 4.24. The van der Waals surface area contributed by atoms with Crippen molar-refractivity contribution >= 4 is 34.0 Å². The number of hydrogen-bond donors (Lipinski definition) is 1. The molecule has 0 bridgehead atoms. The first-order valence-electron chi connectivity index (χ1n) is 7.66. The number of amides is 1. The minimum atomic E-state index is -0.227. The fourth-order valence-electron chi connectivity index (χ4n) is 2.22. The van der Waals surface area contributed by atoms with E-state index in [0.717, 1.165) is 23.6 Å². The molecule has 0 saturated carbocycles. The van der Waals surface area contributed by atoms with Gasteiger partial charge in [-0.05, 0) is 48.4 Å². The molecule has 1 aromatic heterocycles. The zero-order valence-electron chi connectivity index (χ0n) is 13.5. The number of nitrogens with zero attached hydrogens (tertiary/aromatic N) is 2. The Labute approximate surface area is 154 Å². The van der Waals surface area contributed by atoms with Gasteiger partial charge in [0, 0.05) is 17.0 Å². The summed E-state index contributed by atoms with van der Waals surface area (Å²) < 4.78 is 5.15. The second-order valence-electron chi connectivity index (χ2n) is 5.31. The van der Waals surface area contributed by atoms with Crippen LogP contribution in [0.25, 0.3) is 0 Å². The summed E-state index contributed by atoms with van der Waals surface area (Å²) in [5.41, 5.74) is 1.72. The summed E-state index contributed by atoms with van der Waals surface area (Å²) in [6.07, 6.45) is 1.62. The Morgan fingerprint density at radius 1 is 1.08 bits per heavy atom. The summed E-state index contributed by atoms with van der Waals surface area (Å²) in [4.78, 5) is 12.1. The van der Waals surface area contributed by atoms with Crippen molar-refractivity contribution in [1.29, 1.82) is 0 Å². The molecule has 3 aromatic rings. The Morgan fingerprint density at radius 2 is 1.80 bits per heavy atom. The lowest BCUT2D eigenvalue weighted by molar-refractivity contribution is 0.102. The minimum Gasteiger partial charge on any atom is -0.497 e. The molecule has 1 amide bonds. The quantitative estimate of drug-likeness (QED) is 0.702. The number of rotatable bonds is 6.